The quantitative estimate of drug-likeness (QED) is 0.683. The summed E-state index contributed by atoms with van der Waals surface area (Å²) in [5.74, 6) is 0.785. The van der Waals surface area contributed by atoms with E-state index in [0.29, 0.717) is 12.2 Å². The van der Waals surface area contributed by atoms with Gasteiger partial charge in [0, 0.05) is 33.1 Å². The lowest BCUT2D eigenvalue weighted by molar-refractivity contribution is 0.0926. The van der Waals surface area contributed by atoms with Crippen LogP contribution in [-0.2, 0) is 0 Å². The lowest BCUT2D eigenvalue weighted by Gasteiger charge is -2.27. The van der Waals surface area contributed by atoms with Crippen molar-refractivity contribution in [1.29, 1.82) is 0 Å². The first-order valence-electron chi connectivity index (χ1n) is 7.94. The van der Waals surface area contributed by atoms with E-state index in [2.05, 4.69) is 26.2 Å². The van der Waals surface area contributed by atoms with Gasteiger partial charge in [0.1, 0.15) is 5.75 Å². The number of rotatable bonds is 2. The molecular weight excluding hydrogens is 368 g/mol. The Morgan fingerprint density at radius 3 is 3.00 bits per heavy atom. The summed E-state index contributed by atoms with van der Waals surface area (Å²) < 4.78 is 6.68. The van der Waals surface area contributed by atoms with Crippen LogP contribution in [0.3, 0.4) is 0 Å². The smallest absolute Gasteiger partial charge is 0.254 e. The summed E-state index contributed by atoms with van der Waals surface area (Å²) in [7, 11) is 0. The van der Waals surface area contributed by atoms with Crippen LogP contribution < -0.4 is 10.1 Å². The summed E-state index contributed by atoms with van der Waals surface area (Å²) in [6.07, 6.45) is 0.761. The molecule has 2 aromatic carbocycles. The molecule has 2 N–H and O–H groups in total. The minimum Gasteiger partial charge on any atom is -0.493 e. The molecule has 0 aliphatic carbocycles. The lowest BCUT2D eigenvalue weighted by Crippen LogP contribution is -2.32. The number of hydrogen-bond donors (Lipinski definition) is 2. The summed E-state index contributed by atoms with van der Waals surface area (Å²) >= 11 is 3.49. The molecule has 5 heteroatoms. The Morgan fingerprint density at radius 1 is 1.29 bits per heavy atom. The first kappa shape index (κ1) is 15.3. The number of carbonyl (C=O) groups is 1. The highest BCUT2D eigenvalue weighted by Crippen LogP contribution is 2.34. The number of aryl methyl sites for hydroxylation is 1. The lowest BCUT2D eigenvalue weighted by atomic mass is 10.00. The number of ether oxygens (including phenoxy) is 1. The fourth-order valence-electron chi connectivity index (χ4n) is 3.31. The number of fused-ring (bicyclic) bond motifs is 2. The number of nitrogens with one attached hydrogen (secondary N) is 2. The van der Waals surface area contributed by atoms with Crippen LogP contribution in [0.4, 0.5) is 0 Å². The predicted octanol–water partition coefficient (Wildman–Crippen LogP) is 4.49. The predicted molar refractivity (Wildman–Crippen MR) is 97.5 cm³/mol. The highest BCUT2D eigenvalue weighted by molar-refractivity contribution is 9.10. The van der Waals surface area contributed by atoms with E-state index >= 15 is 0 Å². The molecule has 3 aromatic rings. The normalized spacial score (nSPS) is 16.5. The number of carbonyl (C=O) groups excluding carboxylic acids is 1. The maximum absolute atomic E-state index is 12.9. The Bertz CT molecular complexity index is 932. The van der Waals surface area contributed by atoms with Crippen LogP contribution in [0.15, 0.2) is 46.9 Å². The molecule has 1 amide bonds. The van der Waals surface area contributed by atoms with Crippen molar-refractivity contribution in [3.63, 3.8) is 0 Å². The van der Waals surface area contributed by atoms with Crippen LogP contribution in [0.1, 0.15) is 34.1 Å². The molecule has 1 aliphatic heterocycles. The van der Waals surface area contributed by atoms with Gasteiger partial charge in [0.15, 0.2) is 0 Å². The number of hydrogen-bond acceptors (Lipinski definition) is 2. The molecule has 0 radical (unpaired) electrons. The van der Waals surface area contributed by atoms with Crippen molar-refractivity contribution in [2.45, 2.75) is 19.4 Å². The van der Waals surface area contributed by atoms with Crippen molar-refractivity contribution in [3.05, 3.63) is 63.8 Å². The topological polar surface area (TPSA) is 54.1 Å². The summed E-state index contributed by atoms with van der Waals surface area (Å²) in [5, 5.41) is 4.13. The third-order valence-corrected chi connectivity index (χ3v) is 4.93. The Morgan fingerprint density at radius 2 is 2.12 bits per heavy atom. The average Bonchev–Trinajstić information content (AvgIpc) is 2.91. The third kappa shape index (κ3) is 2.59. The fraction of sp³-hybridized carbons (Fsp3) is 0.211. The Kier molecular flexibility index (Phi) is 3.81. The van der Waals surface area contributed by atoms with Crippen LogP contribution in [0, 0.1) is 6.92 Å². The van der Waals surface area contributed by atoms with Crippen LogP contribution >= 0.6 is 15.9 Å². The second kappa shape index (κ2) is 5.98. The van der Waals surface area contributed by atoms with Crippen LogP contribution in [0.5, 0.6) is 5.75 Å². The number of aromatic amines is 1. The Balaban J connectivity index is 1.68. The number of halogens is 1. The Hall–Kier alpha value is -2.27. The van der Waals surface area contributed by atoms with E-state index in [9.17, 15) is 4.79 Å². The molecule has 0 fully saturated rings. The maximum Gasteiger partial charge on any atom is 0.254 e. The minimum absolute atomic E-state index is 0.0492. The SMILES string of the molecule is Cc1[nH]c2ccccc2c1C(=O)NC1CCOc2ccc(Br)cc21. The van der Waals surface area contributed by atoms with Crippen molar-refractivity contribution in [1.82, 2.24) is 10.3 Å². The number of para-hydroxylation sites is 1. The van der Waals surface area contributed by atoms with Crippen LogP contribution in [0.2, 0.25) is 0 Å². The van der Waals surface area contributed by atoms with Gasteiger partial charge < -0.3 is 15.0 Å². The highest BCUT2D eigenvalue weighted by atomic mass is 79.9. The Labute approximate surface area is 148 Å². The van der Waals surface area contributed by atoms with Crippen molar-refractivity contribution >= 4 is 32.7 Å². The molecule has 4 nitrogen and oxygen atoms in total. The van der Waals surface area contributed by atoms with Gasteiger partial charge >= 0.3 is 0 Å². The van der Waals surface area contributed by atoms with E-state index in [1.165, 1.54) is 0 Å². The van der Waals surface area contributed by atoms with Gasteiger partial charge in [-0.15, -0.1) is 0 Å². The molecule has 2 heterocycles. The third-order valence-electron chi connectivity index (χ3n) is 4.44. The molecule has 0 spiro atoms. The second-order valence-electron chi connectivity index (χ2n) is 6.02. The van der Waals surface area contributed by atoms with E-state index in [1.807, 2.05) is 49.4 Å². The molecule has 1 aromatic heterocycles. The molecule has 4 rings (SSSR count). The van der Waals surface area contributed by atoms with Crippen molar-refractivity contribution < 1.29 is 9.53 Å². The standard InChI is InChI=1S/C19H17BrN2O2/c1-11-18(13-4-2-3-5-15(13)21-11)19(23)22-16-8-9-24-17-7-6-12(20)10-14(16)17/h2-7,10,16,21H,8-9H2,1H3,(H,22,23). The van der Waals surface area contributed by atoms with E-state index in [0.717, 1.165) is 38.8 Å². The van der Waals surface area contributed by atoms with Crippen LogP contribution in [-0.4, -0.2) is 17.5 Å². The average molecular weight is 385 g/mol. The highest BCUT2D eigenvalue weighted by Gasteiger charge is 2.25. The number of benzene rings is 2. The molecular formula is C19H17BrN2O2. The van der Waals surface area contributed by atoms with E-state index in [-0.39, 0.29) is 11.9 Å². The molecule has 1 aliphatic rings. The molecule has 24 heavy (non-hydrogen) atoms. The first-order chi connectivity index (χ1) is 11.6. The summed E-state index contributed by atoms with van der Waals surface area (Å²) in [5.41, 5.74) is 3.60. The van der Waals surface area contributed by atoms with Crippen LogP contribution in [0.25, 0.3) is 10.9 Å². The van der Waals surface area contributed by atoms with Gasteiger partial charge in [0.05, 0.1) is 18.2 Å². The van der Waals surface area contributed by atoms with Gasteiger partial charge in [-0.25, -0.2) is 0 Å². The second-order valence-corrected chi connectivity index (χ2v) is 6.93. The van der Waals surface area contributed by atoms with Gasteiger partial charge in [0.25, 0.3) is 5.91 Å². The van der Waals surface area contributed by atoms with Gasteiger partial charge in [-0.2, -0.15) is 0 Å². The van der Waals surface area contributed by atoms with Crippen molar-refractivity contribution in [3.8, 4) is 5.75 Å². The molecule has 0 bridgehead atoms. The number of amides is 1. The van der Waals surface area contributed by atoms with E-state index < -0.39 is 0 Å². The largest absolute Gasteiger partial charge is 0.493 e. The first-order valence-corrected chi connectivity index (χ1v) is 8.73. The zero-order valence-electron chi connectivity index (χ0n) is 13.2. The summed E-state index contributed by atoms with van der Waals surface area (Å²) in [6.45, 7) is 2.54. The number of aromatic nitrogens is 1. The molecule has 1 unspecified atom stereocenters. The minimum atomic E-state index is -0.0530. The maximum atomic E-state index is 12.9. The summed E-state index contributed by atoms with van der Waals surface area (Å²) in [6, 6.07) is 13.7. The number of H-pyrrole nitrogens is 1. The van der Waals surface area contributed by atoms with Gasteiger partial charge in [-0.05, 0) is 31.2 Å². The van der Waals surface area contributed by atoms with Gasteiger partial charge in [0.2, 0.25) is 0 Å². The monoisotopic (exact) mass is 384 g/mol. The van der Waals surface area contributed by atoms with Crippen molar-refractivity contribution in [2.75, 3.05) is 6.61 Å². The zero-order chi connectivity index (χ0) is 16.7. The molecule has 122 valence electrons. The molecule has 0 saturated carbocycles. The van der Waals surface area contributed by atoms with Crippen molar-refractivity contribution in [2.24, 2.45) is 0 Å². The molecule has 0 saturated heterocycles. The fourth-order valence-corrected chi connectivity index (χ4v) is 3.69. The van der Waals surface area contributed by atoms with Gasteiger partial charge in [-0.3, -0.25) is 4.79 Å². The van der Waals surface area contributed by atoms with Gasteiger partial charge in [-0.1, -0.05) is 34.1 Å². The zero-order valence-corrected chi connectivity index (χ0v) is 14.8. The van der Waals surface area contributed by atoms with E-state index in [4.69, 9.17) is 4.74 Å². The van der Waals surface area contributed by atoms with E-state index in [1.54, 1.807) is 0 Å². The molecule has 1 atom stereocenters. The summed E-state index contributed by atoms with van der Waals surface area (Å²) in [4.78, 5) is 16.2.